The molecule has 3 N–H and O–H groups in total. The van der Waals surface area contributed by atoms with E-state index in [0.29, 0.717) is 13.0 Å². The van der Waals surface area contributed by atoms with Crippen LogP contribution in [0, 0.1) is 0 Å². The molecule has 1 amide bonds. The van der Waals surface area contributed by atoms with Crippen LogP contribution in [0.2, 0.25) is 0 Å². The highest BCUT2D eigenvalue weighted by molar-refractivity contribution is 5.76. The fourth-order valence-corrected chi connectivity index (χ4v) is 2.07. The van der Waals surface area contributed by atoms with Crippen molar-refractivity contribution in [3.8, 4) is 0 Å². The van der Waals surface area contributed by atoms with Crippen LogP contribution in [0.25, 0.3) is 0 Å². The number of amides is 1. The summed E-state index contributed by atoms with van der Waals surface area (Å²) in [6.45, 7) is 3.20. The molecule has 0 saturated heterocycles. The van der Waals surface area contributed by atoms with Crippen molar-refractivity contribution in [2.24, 2.45) is 5.73 Å². The highest BCUT2D eigenvalue weighted by Gasteiger charge is 2.11. The quantitative estimate of drug-likeness (QED) is 0.635. The molecule has 0 aliphatic carbocycles. The molecule has 0 fully saturated rings. The van der Waals surface area contributed by atoms with Gasteiger partial charge in [0.1, 0.15) is 0 Å². The number of ether oxygens (including phenoxy) is 1. The fourth-order valence-electron chi connectivity index (χ4n) is 2.07. The summed E-state index contributed by atoms with van der Waals surface area (Å²) in [5, 5.41) is 2.91. The molecule has 0 aromatic heterocycles. The van der Waals surface area contributed by atoms with Crippen LogP contribution in [-0.4, -0.2) is 51.2 Å². The second kappa shape index (κ2) is 10.3. The molecule has 0 aliphatic rings. The van der Waals surface area contributed by atoms with Crippen LogP contribution in [0.4, 0.5) is 0 Å². The molecule has 0 aliphatic heterocycles. The van der Waals surface area contributed by atoms with Gasteiger partial charge in [-0.05, 0) is 19.0 Å². The van der Waals surface area contributed by atoms with Gasteiger partial charge in [0.05, 0.1) is 0 Å². The number of hydrogen-bond donors (Lipinski definition) is 2. The molecular formula is C16H27N3O2. The lowest BCUT2D eigenvalue weighted by Gasteiger charge is -2.17. The molecule has 0 spiro atoms. The topological polar surface area (TPSA) is 67.6 Å². The van der Waals surface area contributed by atoms with Crippen LogP contribution in [0.1, 0.15) is 24.4 Å². The van der Waals surface area contributed by atoms with Crippen molar-refractivity contribution in [2.75, 3.05) is 40.4 Å². The van der Waals surface area contributed by atoms with Crippen LogP contribution >= 0.6 is 0 Å². The van der Waals surface area contributed by atoms with E-state index in [1.807, 2.05) is 37.4 Å². The number of hydrogen-bond acceptors (Lipinski definition) is 4. The first kappa shape index (κ1) is 17.6. The Balaban J connectivity index is 2.16. The van der Waals surface area contributed by atoms with Crippen LogP contribution in [0.3, 0.4) is 0 Å². The van der Waals surface area contributed by atoms with E-state index in [2.05, 4.69) is 10.2 Å². The summed E-state index contributed by atoms with van der Waals surface area (Å²) in [7, 11) is 3.74. The molecule has 1 aromatic carbocycles. The number of methoxy groups -OCH3 is 1. The first-order valence-corrected chi connectivity index (χ1v) is 7.38. The van der Waals surface area contributed by atoms with Gasteiger partial charge < -0.3 is 20.7 Å². The molecule has 5 nitrogen and oxygen atoms in total. The second-order valence-corrected chi connectivity index (χ2v) is 5.22. The minimum atomic E-state index is -0.245. The van der Waals surface area contributed by atoms with Gasteiger partial charge in [-0.15, -0.1) is 0 Å². The zero-order valence-electron chi connectivity index (χ0n) is 13.0. The third-order valence-electron chi connectivity index (χ3n) is 3.34. The summed E-state index contributed by atoms with van der Waals surface area (Å²) in [6.07, 6.45) is 1.32. The highest BCUT2D eigenvalue weighted by atomic mass is 16.5. The molecule has 1 rings (SSSR count). The van der Waals surface area contributed by atoms with Gasteiger partial charge in [-0.2, -0.15) is 0 Å². The van der Waals surface area contributed by atoms with Crippen LogP contribution in [0.5, 0.6) is 0 Å². The van der Waals surface area contributed by atoms with Crippen molar-refractivity contribution >= 4 is 5.91 Å². The van der Waals surface area contributed by atoms with Crippen molar-refractivity contribution < 1.29 is 9.53 Å². The molecule has 0 bridgehead atoms. The number of likely N-dealkylation sites (N-methyl/N-ethyl adjacent to an activating group) is 1. The monoisotopic (exact) mass is 293 g/mol. The first-order chi connectivity index (χ1) is 10.1. The van der Waals surface area contributed by atoms with Gasteiger partial charge in [0, 0.05) is 45.8 Å². The first-order valence-electron chi connectivity index (χ1n) is 7.38. The van der Waals surface area contributed by atoms with Gasteiger partial charge in [-0.3, -0.25) is 4.79 Å². The minimum absolute atomic E-state index is 0.00311. The van der Waals surface area contributed by atoms with Crippen molar-refractivity contribution in [1.29, 1.82) is 0 Å². The normalized spacial score (nSPS) is 12.4. The fraction of sp³-hybridized carbons (Fsp3) is 0.562. The third kappa shape index (κ3) is 7.80. The number of benzene rings is 1. The van der Waals surface area contributed by atoms with Crippen LogP contribution < -0.4 is 11.1 Å². The van der Waals surface area contributed by atoms with Gasteiger partial charge in [0.2, 0.25) is 5.91 Å². The Bertz CT molecular complexity index is 398. The maximum atomic E-state index is 11.8. The molecule has 0 saturated carbocycles. The number of nitrogens with one attached hydrogen (secondary N) is 1. The Labute approximate surface area is 127 Å². The third-order valence-corrected chi connectivity index (χ3v) is 3.34. The van der Waals surface area contributed by atoms with Crippen molar-refractivity contribution in [3.63, 3.8) is 0 Å². The minimum Gasteiger partial charge on any atom is -0.385 e. The molecule has 21 heavy (non-hydrogen) atoms. The highest BCUT2D eigenvalue weighted by Crippen LogP contribution is 2.12. The second-order valence-electron chi connectivity index (χ2n) is 5.22. The molecule has 1 aromatic rings. The maximum absolute atomic E-state index is 11.8. The average Bonchev–Trinajstić information content (AvgIpc) is 2.48. The van der Waals surface area contributed by atoms with E-state index in [-0.39, 0.29) is 11.9 Å². The van der Waals surface area contributed by atoms with E-state index < -0.39 is 0 Å². The van der Waals surface area contributed by atoms with E-state index in [0.717, 1.165) is 31.7 Å². The van der Waals surface area contributed by atoms with Crippen LogP contribution in [-0.2, 0) is 9.53 Å². The number of carbonyl (C=O) groups is 1. The zero-order valence-corrected chi connectivity index (χ0v) is 13.0. The van der Waals surface area contributed by atoms with E-state index in [4.69, 9.17) is 10.5 Å². The Morgan fingerprint density at radius 2 is 2.05 bits per heavy atom. The SMILES string of the molecule is COCCCN(C)CCNC(=O)CC(N)c1ccccc1. The van der Waals surface area contributed by atoms with E-state index in [1.165, 1.54) is 0 Å². The number of nitrogens with two attached hydrogens (primary N) is 1. The Morgan fingerprint density at radius 3 is 2.71 bits per heavy atom. The predicted molar refractivity (Wildman–Crippen MR) is 85.0 cm³/mol. The maximum Gasteiger partial charge on any atom is 0.221 e. The standard InChI is InChI=1S/C16H27N3O2/c1-19(10-6-12-21-2)11-9-18-16(20)13-15(17)14-7-4-3-5-8-14/h3-5,7-8,15H,6,9-13,17H2,1-2H3,(H,18,20). The van der Waals surface area contributed by atoms with Gasteiger partial charge in [-0.25, -0.2) is 0 Å². The molecule has 1 unspecified atom stereocenters. The predicted octanol–water partition coefficient (Wildman–Crippen LogP) is 1.16. The van der Waals surface area contributed by atoms with E-state index >= 15 is 0 Å². The number of carbonyl (C=O) groups excluding carboxylic acids is 1. The lowest BCUT2D eigenvalue weighted by molar-refractivity contribution is -0.121. The Morgan fingerprint density at radius 1 is 1.33 bits per heavy atom. The van der Waals surface area contributed by atoms with Crippen molar-refractivity contribution in [3.05, 3.63) is 35.9 Å². The number of nitrogens with zero attached hydrogens (tertiary/aromatic N) is 1. The summed E-state index contributed by atoms with van der Waals surface area (Å²) in [6, 6.07) is 9.45. The van der Waals surface area contributed by atoms with Gasteiger partial charge in [-0.1, -0.05) is 30.3 Å². The average molecular weight is 293 g/mol. The largest absolute Gasteiger partial charge is 0.385 e. The van der Waals surface area contributed by atoms with Crippen molar-refractivity contribution in [1.82, 2.24) is 10.2 Å². The molecule has 0 radical (unpaired) electrons. The lowest BCUT2D eigenvalue weighted by atomic mass is 10.0. The summed E-state index contributed by atoms with van der Waals surface area (Å²) in [5.74, 6) is -0.00311. The van der Waals surface area contributed by atoms with Crippen molar-refractivity contribution in [2.45, 2.75) is 18.9 Å². The summed E-state index contributed by atoms with van der Waals surface area (Å²) < 4.78 is 5.01. The zero-order chi connectivity index (χ0) is 15.5. The summed E-state index contributed by atoms with van der Waals surface area (Å²) >= 11 is 0. The molecule has 1 atom stereocenters. The molecule has 118 valence electrons. The van der Waals surface area contributed by atoms with Gasteiger partial charge >= 0.3 is 0 Å². The van der Waals surface area contributed by atoms with Gasteiger partial charge in [0.15, 0.2) is 0 Å². The summed E-state index contributed by atoms with van der Waals surface area (Å²) in [4.78, 5) is 14.0. The number of rotatable bonds is 10. The van der Waals surface area contributed by atoms with Gasteiger partial charge in [0.25, 0.3) is 0 Å². The summed E-state index contributed by atoms with van der Waals surface area (Å²) in [5.41, 5.74) is 7.01. The lowest BCUT2D eigenvalue weighted by Crippen LogP contribution is -2.35. The molecule has 0 heterocycles. The molecular weight excluding hydrogens is 266 g/mol. The van der Waals surface area contributed by atoms with E-state index in [1.54, 1.807) is 7.11 Å². The smallest absolute Gasteiger partial charge is 0.221 e. The Hall–Kier alpha value is -1.43. The molecule has 5 heteroatoms. The Kier molecular flexibility index (Phi) is 8.66. The van der Waals surface area contributed by atoms with E-state index in [9.17, 15) is 4.79 Å². The van der Waals surface area contributed by atoms with Crippen LogP contribution in [0.15, 0.2) is 30.3 Å².